The third-order valence-corrected chi connectivity index (χ3v) is 1.43. The zero-order chi connectivity index (χ0) is 14.9. The zero-order valence-corrected chi connectivity index (χ0v) is 11.2. The van der Waals surface area contributed by atoms with Crippen molar-refractivity contribution in [3.63, 3.8) is 0 Å². The van der Waals surface area contributed by atoms with Gasteiger partial charge in [0, 0.05) is 0 Å². The predicted molar refractivity (Wildman–Crippen MR) is 48.7 cm³/mol. The average molecular weight is 288 g/mol. The summed E-state index contributed by atoms with van der Waals surface area (Å²) >= 11 is 0. The molecule has 5 N–H and O–H groups in total. The van der Waals surface area contributed by atoms with E-state index in [1.165, 1.54) is 20.8 Å². The van der Waals surface area contributed by atoms with Crippen molar-refractivity contribution in [2.75, 3.05) is 0 Å². The van der Waals surface area contributed by atoms with Gasteiger partial charge in [-0.2, -0.15) is 0 Å². The van der Waals surface area contributed by atoms with E-state index in [4.69, 9.17) is 34.5 Å². The van der Waals surface area contributed by atoms with Crippen molar-refractivity contribution in [2.45, 2.75) is 32.5 Å². The van der Waals surface area contributed by atoms with Gasteiger partial charge in [0.05, 0.1) is 0 Å². The molecule has 0 aliphatic heterocycles. The topological polar surface area (TPSA) is 189 Å². The van der Waals surface area contributed by atoms with Crippen molar-refractivity contribution in [2.24, 2.45) is 5.41 Å². The van der Waals surface area contributed by atoms with Crippen LogP contribution in [0.25, 0.3) is 0 Å². The Morgan fingerprint density at radius 1 is 0.941 bits per heavy atom. The van der Waals surface area contributed by atoms with Gasteiger partial charge in [-0.3, -0.25) is 0 Å². The molecule has 0 rings (SSSR count). The second-order valence-corrected chi connectivity index (χ2v) is 4.05. The summed E-state index contributed by atoms with van der Waals surface area (Å²) in [4.78, 5) is 0. The fourth-order valence-corrected chi connectivity index (χ4v) is 0.503. The van der Waals surface area contributed by atoms with Crippen LogP contribution in [0.15, 0.2) is 0 Å². The monoisotopic (exact) mass is 288 g/mol. The summed E-state index contributed by atoms with van der Waals surface area (Å²) in [5.74, 6) is -7.19. The van der Waals surface area contributed by atoms with Crippen LogP contribution in [0, 0.1) is 5.41 Å². The number of nitrogens with one attached hydrogen (secondary N) is 2. The fraction of sp³-hybridized carbons (Fsp3) is 1.00. The summed E-state index contributed by atoms with van der Waals surface area (Å²) in [7, 11) is -1.17. The van der Waals surface area contributed by atoms with Crippen molar-refractivity contribution >= 4 is 16.2 Å². The molecule has 9 nitrogen and oxygen atoms in total. The van der Waals surface area contributed by atoms with Gasteiger partial charge in [-0.15, -0.1) is 5.79 Å². The number of hydrogen-bond acceptors (Lipinski definition) is 7. The predicted octanol–water partition coefficient (Wildman–Crippen LogP) is -4.91. The zero-order valence-electron chi connectivity index (χ0n) is 9.37. The molecule has 0 aromatic heterocycles. The maximum atomic E-state index is 10.8. The van der Waals surface area contributed by atoms with Crippen LogP contribution in [-0.2, 0) is 9.13 Å². The first kappa shape index (κ1) is 21.9. The molecule has 0 aliphatic carbocycles. The molecular formula is C6H14N2O7P2. The van der Waals surface area contributed by atoms with Crippen molar-refractivity contribution in [1.29, 1.82) is 0 Å². The molecule has 0 spiro atoms. The summed E-state index contributed by atoms with van der Waals surface area (Å²) < 4.78 is 17.1. The van der Waals surface area contributed by atoms with E-state index < -0.39 is 33.4 Å². The molecule has 17 heavy (non-hydrogen) atoms. The van der Waals surface area contributed by atoms with E-state index >= 15 is 0 Å². The van der Waals surface area contributed by atoms with E-state index in [0.717, 1.165) is 0 Å². The van der Waals surface area contributed by atoms with Crippen LogP contribution in [0.4, 0.5) is 0 Å². The van der Waals surface area contributed by atoms with Gasteiger partial charge in [0.15, 0.2) is 0 Å². The molecule has 0 amide bonds. The number of hydrogen-bond donors (Lipinski definition) is 5. The molecule has 11 heteroatoms. The Kier molecular flexibility index (Phi) is 11.2. The summed E-state index contributed by atoms with van der Waals surface area (Å²) in [6.45, 7) is 3.64. The van der Waals surface area contributed by atoms with Gasteiger partial charge in [-0.1, -0.05) is 26.2 Å². The van der Waals surface area contributed by atoms with Gasteiger partial charge >= 0.3 is 35.3 Å². The second kappa shape index (κ2) is 8.72. The van der Waals surface area contributed by atoms with E-state index in [2.05, 4.69) is 0 Å². The van der Waals surface area contributed by atoms with Crippen LogP contribution >= 0.6 is 16.2 Å². The third-order valence-electron chi connectivity index (χ3n) is 1.43. The molecule has 0 saturated carbocycles. The third kappa shape index (κ3) is 9.39. The molecular weight excluding hydrogens is 274 g/mol. The Labute approximate surface area is 99.5 Å². The number of rotatable bonds is 1. The van der Waals surface area contributed by atoms with E-state index in [1.54, 1.807) is 0 Å². The molecule has 0 bridgehead atoms. The van der Waals surface area contributed by atoms with Gasteiger partial charge < -0.3 is 25.5 Å². The molecule has 0 saturated heterocycles. The first-order valence-corrected chi connectivity index (χ1v) is 5.52. The van der Waals surface area contributed by atoms with E-state index in [0.29, 0.717) is 0 Å². The second-order valence-electron chi connectivity index (χ2n) is 3.68. The minimum atomic E-state index is -3.73. The van der Waals surface area contributed by atoms with Crippen molar-refractivity contribution < 1.29 is 44.7 Å². The van der Waals surface area contributed by atoms with Crippen LogP contribution in [-0.4, -0.2) is 27.1 Å². The first-order valence-electron chi connectivity index (χ1n) is 3.89. The van der Waals surface area contributed by atoms with E-state index in [-0.39, 0.29) is 0 Å². The summed E-state index contributed by atoms with van der Waals surface area (Å²) in [5.41, 5.74) is -1.48. The van der Waals surface area contributed by atoms with Crippen molar-refractivity contribution in [1.82, 2.24) is 0 Å². The quantitative estimate of drug-likeness (QED) is 0.236. The number of aliphatic hydroxyl groups is 3. The van der Waals surface area contributed by atoms with Crippen LogP contribution in [0.3, 0.4) is 0 Å². The Balaban J connectivity index is -0.000000273. The Hall–Kier alpha value is -0.320. The average Bonchev–Trinajstić information content (AvgIpc) is 2.02. The van der Waals surface area contributed by atoms with Crippen LogP contribution in [0.1, 0.15) is 20.8 Å². The van der Waals surface area contributed by atoms with Crippen LogP contribution in [0.5, 0.6) is 0 Å². The van der Waals surface area contributed by atoms with Gasteiger partial charge in [0.25, 0.3) is 0 Å². The van der Waals surface area contributed by atoms with E-state index in [9.17, 15) is 10.2 Å². The molecule has 0 aromatic carbocycles. The molecule has 0 heterocycles. The Bertz CT molecular complexity index is 330. The standard InChI is InChI=1S/C6H12O5.2NOP/c1-4(2,3)5(7,8)6(9,10)11;2*1-3-2/h9-11H,1-3H3;;/q-2;;/p+2. The molecule has 0 unspecified atom stereocenters. The summed E-state index contributed by atoms with van der Waals surface area (Å²) in [6, 6.07) is 0. The molecule has 100 valence electrons. The van der Waals surface area contributed by atoms with Crippen LogP contribution < -0.4 is 20.2 Å². The molecule has 0 fully saturated rings. The van der Waals surface area contributed by atoms with E-state index in [1.807, 2.05) is 0 Å². The minimum absolute atomic E-state index is 0.583. The SMILES string of the molecule is CC(C)(C)C([O-])([O-])C(O)(O)O.[NH+]#P=O.[NH+]#P=O. The van der Waals surface area contributed by atoms with Gasteiger partial charge in [-0.25, -0.2) is 0 Å². The summed E-state index contributed by atoms with van der Waals surface area (Å²) in [5, 5.41) is 58.0. The molecule has 0 aromatic rings. The molecule has 0 aliphatic rings. The van der Waals surface area contributed by atoms with Gasteiger partial charge in [0.2, 0.25) is 5.97 Å². The fourth-order valence-electron chi connectivity index (χ4n) is 0.503. The first-order chi connectivity index (χ1) is 7.33. The summed E-state index contributed by atoms with van der Waals surface area (Å²) in [6.07, 6.45) is 0. The van der Waals surface area contributed by atoms with Crippen LogP contribution in [0.2, 0.25) is 0 Å². The molecule has 0 atom stereocenters. The van der Waals surface area contributed by atoms with Crippen molar-refractivity contribution in [3.05, 3.63) is 0 Å². The maximum absolute atomic E-state index is 10.8. The van der Waals surface area contributed by atoms with Crippen molar-refractivity contribution in [3.8, 4) is 0 Å². The Morgan fingerprint density at radius 3 is 1.12 bits per heavy atom. The normalized spacial score (nSPS) is 11.2. The Morgan fingerprint density at radius 2 is 1.12 bits per heavy atom. The van der Waals surface area contributed by atoms with Gasteiger partial charge in [0.1, 0.15) is 0 Å². The molecule has 0 radical (unpaired) electrons. The van der Waals surface area contributed by atoms with Gasteiger partial charge in [-0.05, 0) is 0 Å².